The molecule has 0 unspecified atom stereocenters. The van der Waals surface area contributed by atoms with E-state index in [9.17, 15) is 4.39 Å². The van der Waals surface area contributed by atoms with Gasteiger partial charge in [-0.1, -0.05) is 35.2 Å². The van der Waals surface area contributed by atoms with Crippen LogP contribution in [0.4, 0.5) is 4.39 Å². The largest absolute Gasteiger partial charge is 0.316 e. The molecule has 1 N–H and O–H groups in total. The van der Waals surface area contributed by atoms with Gasteiger partial charge in [0.05, 0.1) is 4.90 Å². The third-order valence-electron chi connectivity index (χ3n) is 1.95. The Morgan fingerprint density at radius 1 is 1.50 bits per heavy atom. The molecule has 0 amide bonds. The standard InChI is InChI=1S/C10H10FN3S2/c1-12-5-7-3-2-4-8(11)9(7)16-10-14-13-6-15-10/h2-4,6,12H,5H2,1H3. The molecule has 0 bridgehead atoms. The van der Waals surface area contributed by atoms with Gasteiger partial charge in [0.1, 0.15) is 11.3 Å². The van der Waals surface area contributed by atoms with E-state index in [1.807, 2.05) is 13.1 Å². The fourth-order valence-electron chi connectivity index (χ4n) is 1.29. The molecule has 1 aromatic heterocycles. The van der Waals surface area contributed by atoms with Gasteiger partial charge in [0, 0.05) is 6.54 Å². The van der Waals surface area contributed by atoms with Gasteiger partial charge in [-0.25, -0.2) is 4.39 Å². The highest BCUT2D eigenvalue weighted by Gasteiger charge is 2.11. The highest BCUT2D eigenvalue weighted by atomic mass is 32.2. The number of benzene rings is 1. The van der Waals surface area contributed by atoms with Crippen LogP contribution < -0.4 is 5.32 Å². The Hall–Kier alpha value is -0.980. The molecular formula is C10H10FN3S2. The van der Waals surface area contributed by atoms with Gasteiger partial charge in [-0.3, -0.25) is 0 Å². The average Bonchev–Trinajstić information content (AvgIpc) is 2.76. The van der Waals surface area contributed by atoms with Crippen molar-refractivity contribution in [1.82, 2.24) is 15.5 Å². The fraction of sp³-hybridized carbons (Fsp3) is 0.200. The quantitative estimate of drug-likeness (QED) is 0.911. The van der Waals surface area contributed by atoms with Crippen LogP contribution in [0.5, 0.6) is 0 Å². The summed E-state index contributed by atoms with van der Waals surface area (Å²) in [6.45, 7) is 0.638. The molecule has 0 spiro atoms. The molecular weight excluding hydrogens is 245 g/mol. The lowest BCUT2D eigenvalue weighted by Crippen LogP contribution is -2.06. The minimum Gasteiger partial charge on any atom is -0.316 e. The van der Waals surface area contributed by atoms with Gasteiger partial charge in [-0.15, -0.1) is 10.2 Å². The first kappa shape index (κ1) is 11.5. The second-order valence-corrected chi connectivity index (χ2v) is 5.16. The average molecular weight is 255 g/mol. The third kappa shape index (κ3) is 2.58. The Morgan fingerprint density at radius 3 is 3.06 bits per heavy atom. The normalized spacial score (nSPS) is 10.6. The number of nitrogens with one attached hydrogen (secondary N) is 1. The molecule has 0 aliphatic heterocycles. The number of rotatable bonds is 4. The van der Waals surface area contributed by atoms with Crippen molar-refractivity contribution in [3.05, 3.63) is 35.1 Å². The van der Waals surface area contributed by atoms with Crippen LogP contribution in [0.15, 0.2) is 32.9 Å². The maximum Gasteiger partial charge on any atom is 0.178 e. The van der Waals surface area contributed by atoms with Gasteiger partial charge < -0.3 is 5.32 Å². The summed E-state index contributed by atoms with van der Waals surface area (Å²) in [5, 5.41) is 10.7. The summed E-state index contributed by atoms with van der Waals surface area (Å²) in [6.07, 6.45) is 0. The molecule has 6 heteroatoms. The Balaban J connectivity index is 2.30. The molecule has 2 rings (SSSR count). The maximum atomic E-state index is 13.7. The first-order valence-electron chi connectivity index (χ1n) is 4.67. The highest BCUT2D eigenvalue weighted by Crippen LogP contribution is 2.33. The first-order valence-corrected chi connectivity index (χ1v) is 6.37. The number of aromatic nitrogens is 2. The highest BCUT2D eigenvalue weighted by molar-refractivity contribution is 8.01. The molecule has 0 atom stereocenters. The van der Waals surface area contributed by atoms with E-state index in [1.165, 1.54) is 29.2 Å². The molecule has 1 heterocycles. The van der Waals surface area contributed by atoms with Crippen molar-refractivity contribution in [2.75, 3.05) is 7.05 Å². The van der Waals surface area contributed by atoms with Crippen LogP contribution in [-0.4, -0.2) is 17.2 Å². The van der Waals surface area contributed by atoms with Crippen molar-refractivity contribution in [3.63, 3.8) is 0 Å². The van der Waals surface area contributed by atoms with E-state index in [1.54, 1.807) is 11.6 Å². The molecule has 16 heavy (non-hydrogen) atoms. The molecule has 0 aliphatic rings. The maximum absolute atomic E-state index is 13.7. The van der Waals surface area contributed by atoms with E-state index >= 15 is 0 Å². The minimum atomic E-state index is -0.215. The van der Waals surface area contributed by atoms with Gasteiger partial charge in [-0.05, 0) is 18.7 Å². The van der Waals surface area contributed by atoms with E-state index < -0.39 is 0 Å². The SMILES string of the molecule is CNCc1cccc(F)c1Sc1nncs1. The summed E-state index contributed by atoms with van der Waals surface area (Å²) in [5.41, 5.74) is 2.57. The molecule has 84 valence electrons. The van der Waals surface area contributed by atoms with E-state index in [-0.39, 0.29) is 5.82 Å². The van der Waals surface area contributed by atoms with E-state index in [2.05, 4.69) is 15.5 Å². The van der Waals surface area contributed by atoms with Gasteiger partial charge in [0.15, 0.2) is 4.34 Å². The lowest BCUT2D eigenvalue weighted by Gasteiger charge is -2.07. The monoisotopic (exact) mass is 255 g/mol. The van der Waals surface area contributed by atoms with Crippen LogP contribution >= 0.6 is 23.1 Å². The van der Waals surface area contributed by atoms with Gasteiger partial charge in [0.25, 0.3) is 0 Å². The molecule has 0 aliphatic carbocycles. The van der Waals surface area contributed by atoms with Crippen LogP contribution in [-0.2, 0) is 6.54 Å². The molecule has 3 nitrogen and oxygen atoms in total. The van der Waals surface area contributed by atoms with Crippen LogP contribution in [0.3, 0.4) is 0 Å². The van der Waals surface area contributed by atoms with E-state index in [4.69, 9.17) is 0 Å². The topological polar surface area (TPSA) is 37.8 Å². The molecule has 1 aromatic carbocycles. The van der Waals surface area contributed by atoms with Crippen molar-refractivity contribution in [1.29, 1.82) is 0 Å². The van der Waals surface area contributed by atoms with Crippen LogP contribution in [0.2, 0.25) is 0 Å². The summed E-state index contributed by atoms with van der Waals surface area (Å²) in [4.78, 5) is 0.619. The Morgan fingerprint density at radius 2 is 2.38 bits per heavy atom. The number of halogens is 1. The molecule has 0 saturated heterocycles. The van der Waals surface area contributed by atoms with Crippen LogP contribution in [0.25, 0.3) is 0 Å². The predicted octanol–water partition coefficient (Wildman–Crippen LogP) is 2.55. The summed E-state index contributed by atoms with van der Waals surface area (Å²) in [6, 6.07) is 5.08. The molecule has 0 radical (unpaired) electrons. The third-order valence-corrected chi connectivity index (χ3v) is 3.88. The number of nitrogens with zero attached hydrogens (tertiary/aromatic N) is 2. The van der Waals surface area contributed by atoms with Crippen molar-refractivity contribution in [2.45, 2.75) is 15.8 Å². The zero-order chi connectivity index (χ0) is 11.4. The van der Waals surface area contributed by atoms with E-state index in [0.29, 0.717) is 11.4 Å². The number of hydrogen-bond donors (Lipinski definition) is 1. The predicted molar refractivity (Wildman–Crippen MR) is 63.2 cm³/mol. The van der Waals surface area contributed by atoms with Crippen molar-refractivity contribution in [2.24, 2.45) is 0 Å². The lowest BCUT2D eigenvalue weighted by atomic mass is 10.2. The van der Waals surface area contributed by atoms with E-state index in [0.717, 1.165) is 9.90 Å². The van der Waals surface area contributed by atoms with Crippen LogP contribution in [0.1, 0.15) is 5.56 Å². The van der Waals surface area contributed by atoms with Gasteiger partial charge in [0.2, 0.25) is 0 Å². The zero-order valence-electron chi connectivity index (χ0n) is 8.61. The Bertz CT molecular complexity index is 459. The molecule has 0 saturated carbocycles. The fourth-order valence-corrected chi connectivity index (χ4v) is 2.84. The Kier molecular flexibility index (Phi) is 3.87. The summed E-state index contributed by atoms with van der Waals surface area (Å²) in [5.74, 6) is -0.215. The van der Waals surface area contributed by atoms with Crippen molar-refractivity contribution < 1.29 is 4.39 Å². The number of hydrogen-bond acceptors (Lipinski definition) is 5. The van der Waals surface area contributed by atoms with Crippen molar-refractivity contribution in [3.8, 4) is 0 Å². The zero-order valence-corrected chi connectivity index (χ0v) is 10.2. The van der Waals surface area contributed by atoms with Gasteiger partial charge in [-0.2, -0.15) is 0 Å². The van der Waals surface area contributed by atoms with Crippen molar-refractivity contribution >= 4 is 23.1 Å². The van der Waals surface area contributed by atoms with Crippen LogP contribution in [0, 0.1) is 5.82 Å². The molecule has 0 fully saturated rings. The minimum absolute atomic E-state index is 0.215. The summed E-state index contributed by atoms with van der Waals surface area (Å²) in [7, 11) is 1.84. The van der Waals surface area contributed by atoms with Gasteiger partial charge >= 0.3 is 0 Å². The lowest BCUT2D eigenvalue weighted by molar-refractivity contribution is 0.594. The summed E-state index contributed by atoms with van der Waals surface area (Å²) < 4.78 is 14.4. The first-order chi connectivity index (χ1) is 7.81. The second-order valence-electron chi connectivity index (χ2n) is 3.07. The second kappa shape index (κ2) is 5.38. The molecule has 2 aromatic rings. The summed E-state index contributed by atoms with van der Waals surface area (Å²) >= 11 is 2.72. The Labute approximate surface area is 101 Å². The smallest absolute Gasteiger partial charge is 0.178 e.